The van der Waals surface area contributed by atoms with E-state index in [0.717, 1.165) is 82.7 Å². The molecule has 0 spiro atoms. The Balaban J connectivity index is 1.10. The molecular formula is C54H32N4O. The van der Waals surface area contributed by atoms with Crippen LogP contribution in [-0.4, -0.2) is 19.1 Å². The fourth-order valence-electron chi connectivity index (χ4n) is 9.48. The summed E-state index contributed by atoms with van der Waals surface area (Å²) in [6, 6.07) is 68.9. The molecule has 0 N–H and O–H groups in total. The molecule has 0 aliphatic heterocycles. The number of hydrogen-bond donors (Lipinski definition) is 0. The topological polar surface area (TPSA) is 48.8 Å². The highest BCUT2D eigenvalue weighted by molar-refractivity contribution is 6.26. The Morgan fingerprint density at radius 3 is 1.76 bits per heavy atom. The van der Waals surface area contributed by atoms with Crippen LogP contribution in [0.4, 0.5) is 0 Å². The molecule has 59 heavy (non-hydrogen) atoms. The van der Waals surface area contributed by atoms with Crippen LogP contribution in [0.1, 0.15) is 0 Å². The van der Waals surface area contributed by atoms with Gasteiger partial charge in [-0.25, -0.2) is 9.97 Å². The average molecular weight is 753 g/mol. The standard InChI is InChI=1S/C54H32N4O/c1-2-14-35-31-36(26-25-33(35)13-1)51-41-18-3-8-20-45(41)55-54(56-51)58-48-23-11-6-19-42(48)50-43(32-44-40-17-7-12-24-49(40)59-53(44)52(50)58)34-27-29-37(30-28-34)57-46-21-9-4-15-38(46)39-16-5-10-22-47(39)57/h1-32H. The van der Waals surface area contributed by atoms with Crippen LogP contribution >= 0.6 is 0 Å². The van der Waals surface area contributed by atoms with Crippen molar-refractivity contribution in [2.45, 2.75) is 0 Å². The van der Waals surface area contributed by atoms with Crippen LogP contribution in [0, 0.1) is 0 Å². The predicted molar refractivity (Wildman–Crippen MR) is 244 cm³/mol. The van der Waals surface area contributed by atoms with Crippen LogP contribution in [-0.2, 0) is 0 Å². The fraction of sp³-hybridized carbons (Fsp3) is 0. The van der Waals surface area contributed by atoms with Gasteiger partial charge in [0.15, 0.2) is 5.58 Å². The second kappa shape index (κ2) is 12.2. The average Bonchev–Trinajstić information content (AvgIpc) is 3.96. The molecule has 13 aromatic rings. The maximum absolute atomic E-state index is 6.87. The highest BCUT2D eigenvalue weighted by atomic mass is 16.3. The zero-order valence-corrected chi connectivity index (χ0v) is 31.7. The van der Waals surface area contributed by atoms with Crippen molar-refractivity contribution in [3.8, 4) is 34.0 Å². The summed E-state index contributed by atoms with van der Waals surface area (Å²) in [6.07, 6.45) is 0. The molecule has 0 aliphatic rings. The van der Waals surface area contributed by atoms with Crippen molar-refractivity contribution in [2.75, 3.05) is 0 Å². The van der Waals surface area contributed by atoms with Crippen molar-refractivity contribution in [1.82, 2.24) is 19.1 Å². The molecule has 4 aromatic heterocycles. The van der Waals surface area contributed by atoms with Gasteiger partial charge in [0.05, 0.1) is 27.8 Å². The first-order chi connectivity index (χ1) is 29.3. The highest BCUT2D eigenvalue weighted by Gasteiger charge is 2.25. The van der Waals surface area contributed by atoms with Gasteiger partial charge in [0.1, 0.15) is 11.1 Å². The van der Waals surface area contributed by atoms with Crippen LogP contribution in [0.3, 0.4) is 0 Å². The first-order valence-corrected chi connectivity index (χ1v) is 20.0. The molecule has 0 bridgehead atoms. The molecule has 13 rings (SSSR count). The van der Waals surface area contributed by atoms with Crippen molar-refractivity contribution < 1.29 is 4.42 Å². The number of para-hydroxylation sites is 5. The third kappa shape index (κ3) is 4.67. The number of furan rings is 1. The summed E-state index contributed by atoms with van der Waals surface area (Å²) in [5, 5.41) is 10.2. The van der Waals surface area contributed by atoms with Crippen molar-refractivity contribution in [1.29, 1.82) is 0 Å². The molecule has 0 amide bonds. The molecule has 0 aliphatic carbocycles. The zero-order chi connectivity index (χ0) is 38.6. The van der Waals surface area contributed by atoms with E-state index in [9.17, 15) is 0 Å². The minimum Gasteiger partial charge on any atom is -0.454 e. The second-order valence-electron chi connectivity index (χ2n) is 15.3. The first kappa shape index (κ1) is 32.1. The van der Waals surface area contributed by atoms with E-state index in [2.05, 4.69) is 191 Å². The van der Waals surface area contributed by atoms with Gasteiger partial charge in [-0.2, -0.15) is 0 Å². The fourth-order valence-corrected chi connectivity index (χ4v) is 9.48. The predicted octanol–water partition coefficient (Wildman–Crippen LogP) is 14.2. The number of rotatable bonds is 4. The summed E-state index contributed by atoms with van der Waals surface area (Å²) in [7, 11) is 0. The van der Waals surface area contributed by atoms with Crippen LogP contribution in [0.5, 0.6) is 0 Å². The summed E-state index contributed by atoms with van der Waals surface area (Å²) < 4.78 is 11.5. The largest absolute Gasteiger partial charge is 0.454 e. The van der Waals surface area contributed by atoms with E-state index < -0.39 is 0 Å². The van der Waals surface area contributed by atoms with E-state index in [1.807, 2.05) is 12.1 Å². The molecule has 5 heteroatoms. The van der Waals surface area contributed by atoms with Crippen LogP contribution in [0.15, 0.2) is 199 Å². The number of aromatic nitrogens is 4. The monoisotopic (exact) mass is 752 g/mol. The number of benzene rings is 9. The Morgan fingerprint density at radius 2 is 1.00 bits per heavy atom. The maximum Gasteiger partial charge on any atom is 0.235 e. The van der Waals surface area contributed by atoms with Crippen LogP contribution in [0.25, 0.3) is 121 Å². The van der Waals surface area contributed by atoms with Crippen LogP contribution in [0.2, 0.25) is 0 Å². The van der Waals surface area contributed by atoms with Crippen LogP contribution < -0.4 is 0 Å². The summed E-state index contributed by atoms with van der Waals surface area (Å²) in [6.45, 7) is 0. The Morgan fingerprint density at radius 1 is 0.407 bits per heavy atom. The molecule has 0 unspecified atom stereocenters. The Bertz CT molecular complexity index is 3800. The maximum atomic E-state index is 6.87. The summed E-state index contributed by atoms with van der Waals surface area (Å²) in [4.78, 5) is 10.8. The van der Waals surface area contributed by atoms with Gasteiger partial charge in [-0.3, -0.25) is 4.57 Å². The summed E-state index contributed by atoms with van der Waals surface area (Å²) >= 11 is 0. The molecule has 0 fully saturated rings. The van der Waals surface area contributed by atoms with E-state index in [1.165, 1.54) is 32.6 Å². The van der Waals surface area contributed by atoms with E-state index >= 15 is 0 Å². The number of fused-ring (bicyclic) bond motifs is 12. The first-order valence-electron chi connectivity index (χ1n) is 20.0. The molecule has 9 aromatic carbocycles. The van der Waals surface area contributed by atoms with E-state index in [-0.39, 0.29) is 0 Å². The lowest BCUT2D eigenvalue weighted by atomic mass is 9.96. The van der Waals surface area contributed by atoms with E-state index in [1.54, 1.807) is 0 Å². The molecule has 274 valence electrons. The molecule has 0 atom stereocenters. The Kier molecular flexibility index (Phi) is 6.66. The van der Waals surface area contributed by atoms with Crippen molar-refractivity contribution >= 4 is 87.2 Å². The molecule has 0 radical (unpaired) electrons. The smallest absolute Gasteiger partial charge is 0.235 e. The summed E-state index contributed by atoms with van der Waals surface area (Å²) in [5.74, 6) is 0.596. The van der Waals surface area contributed by atoms with E-state index in [0.29, 0.717) is 5.95 Å². The van der Waals surface area contributed by atoms with Gasteiger partial charge in [0.25, 0.3) is 0 Å². The third-order valence-corrected chi connectivity index (χ3v) is 12.1. The summed E-state index contributed by atoms with van der Waals surface area (Å²) in [5.41, 5.74) is 12.2. The number of nitrogens with zero attached hydrogens (tertiary/aromatic N) is 4. The molecular weight excluding hydrogens is 721 g/mol. The minimum absolute atomic E-state index is 0.596. The molecule has 0 saturated heterocycles. The van der Waals surface area contributed by atoms with Crippen molar-refractivity contribution in [2.24, 2.45) is 0 Å². The van der Waals surface area contributed by atoms with Crippen molar-refractivity contribution in [3.63, 3.8) is 0 Å². The normalized spacial score (nSPS) is 12.1. The van der Waals surface area contributed by atoms with Gasteiger partial charge in [0.2, 0.25) is 5.95 Å². The molecule has 4 heterocycles. The number of hydrogen-bond acceptors (Lipinski definition) is 3. The lowest BCUT2D eigenvalue weighted by molar-refractivity contribution is 0.671. The van der Waals surface area contributed by atoms with Crippen molar-refractivity contribution in [3.05, 3.63) is 194 Å². The van der Waals surface area contributed by atoms with Gasteiger partial charge >= 0.3 is 0 Å². The lowest BCUT2D eigenvalue weighted by Crippen LogP contribution is -2.03. The minimum atomic E-state index is 0.596. The van der Waals surface area contributed by atoms with Gasteiger partial charge in [0, 0.05) is 49.0 Å². The molecule has 5 nitrogen and oxygen atoms in total. The third-order valence-electron chi connectivity index (χ3n) is 12.1. The lowest BCUT2D eigenvalue weighted by Gasteiger charge is -2.13. The zero-order valence-electron chi connectivity index (χ0n) is 31.7. The van der Waals surface area contributed by atoms with Gasteiger partial charge < -0.3 is 8.98 Å². The van der Waals surface area contributed by atoms with Gasteiger partial charge in [-0.1, -0.05) is 140 Å². The van der Waals surface area contributed by atoms with Gasteiger partial charge in [-0.15, -0.1) is 0 Å². The second-order valence-corrected chi connectivity index (χ2v) is 15.3. The SMILES string of the molecule is c1ccc2cc(-c3nc(-n4c5ccccc5c5c(-c6ccc(-n7c8ccccc8c8ccccc87)cc6)cc6c7ccccc7oc6c54)nc4ccccc34)ccc2c1. The highest BCUT2D eigenvalue weighted by Crippen LogP contribution is 2.46. The molecule has 0 saturated carbocycles. The quantitative estimate of drug-likeness (QED) is 0.180. The Labute approximate surface area is 337 Å². The Hall–Kier alpha value is -8.02. The van der Waals surface area contributed by atoms with Gasteiger partial charge in [-0.05, 0) is 76.5 Å². The van der Waals surface area contributed by atoms with E-state index in [4.69, 9.17) is 14.4 Å².